The fourth-order valence-corrected chi connectivity index (χ4v) is 10.2. The number of hydrogen-bond acceptors (Lipinski definition) is 4. The van der Waals surface area contributed by atoms with Crippen molar-refractivity contribution in [2.45, 2.75) is 63.6 Å². The maximum Gasteiger partial charge on any atom is 0.361 e. The van der Waals surface area contributed by atoms with Crippen LogP contribution in [-0.2, 0) is 29.6 Å². The molecule has 1 aliphatic carbocycles. The van der Waals surface area contributed by atoms with Gasteiger partial charge in [0.2, 0.25) is 0 Å². The molecule has 0 radical (unpaired) electrons. The fourth-order valence-electron chi connectivity index (χ4n) is 7.87. The summed E-state index contributed by atoms with van der Waals surface area (Å²) in [7, 11) is -3.69. The quantitative estimate of drug-likeness (QED) is 0.289. The van der Waals surface area contributed by atoms with E-state index in [0.717, 1.165) is 60.8 Å². The lowest BCUT2D eigenvalue weighted by Crippen LogP contribution is -2.40. The molecule has 3 heterocycles. The van der Waals surface area contributed by atoms with Gasteiger partial charge in [-0.15, -0.1) is 0 Å². The van der Waals surface area contributed by atoms with Gasteiger partial charge in [-0.25, -0.2) is 0 Å². The van der Waals surface area contributed by atoms with E-state index in [2.05, 4.69) is 80.6 Å². The first-order valence-corrected chi connectivity index (χ1v) is 16.7. The van der Waals surface area contributed by atoms with E-state index in [1.807, 2.05) is 18.2 Å². The molecule has 41 heavy (non-hydrogen) atoms. The second-order valence-corrected chi connectivity index (χ2v) is 14.2. The molecule has 7 rings (SSSR count). The van der Waals surface area contributed by atoms with E-state index in [9.17, 15) is 0 Å². The van der Waals surface area contributed by atoms with Crippen LogP contribution in [0.15, 0.2) is 108 Å². The Morgan fingerprint density at radius 2 is 1.39 bits per heavy atom. The molecule has 0 spiro atoms. The normalized spacial score (nSPS) is 29.9. The van der Waals surface area contributed by atoms with Gasteiger partial charge in [0.05, 0.1) is 18.5 Å². The SMILES string of the molecule is C=C1C(P2(=O)OCC(CC)(CC)CO2)=C2CCCCC2C2(c3ccccc3)OC1(c1ccccc1)c1ccccc12. The van der Waals surface area contributed by atoms with Crippen molar-refractivity contribution in [2.75, 3.05) is 13.2 Å². The van der Waals surface area contributed by atoms with E-state index in [1.54, 1.807) is 0 Å². The molecule has 4 aliphatic rings. The molecule has 0 amide bonds. The summed E-state index contributed by atoms with van der Waals surface area (Å²) in [6.07, 6.45) is 5.69. The van der Waals surface area contributed by atoms with Crippen LogP contribution in [0.4, 0.5) is 0 Å². The van der Waals surface area contributed by atoms with Crippen molar-refractivity contribution in [3.8, 4) is 0 Å². The van der Waals surface area contributed by atoms with Crippen molar-refractivity contribution in [3.63, 3.8) is 0 Å². The minimum absolute atomic E-state index is 0.0262. The van der Waals surface area contributed by atoms with Crippen LogP contribution in [-0.4, -0.2) is 13.2 Å². The Balaban J connectivity index is 1.55. The van der Waals surface area contributed by atoms with Gasteiger partial charge < -0.3 is 13.8 Å². The minimum Gasteiger partial charge on any atom is -0.344 e. The van der Waals surface area contributed by atoms with Crippen LogP contribution in [0.2, 0.25) is 0 Å². The number of ether oxygens (including phenoxy) is 1. The highest BCUT2D eigenvalue weighted by molar-refractivity contribution is 7.59. The van der Waals surface area contributed by atoms with Crippen molar-refractivity contribution in [1.82, 2.24) is 0 Å². The van der Waals surface area contributed by atoms with Crippen molar-refractivity contribution < 1.29 is 18.3 Å². The smallest absolute Gasteiger partial charge is 0.344 e. The molecule has 2 bridgehead atoms. The van der Waals surface area contributed by atoms with Gasteiger partial charge in [0.15, 0.2) is 0 Å². The van der Waals surface area contributed by atoms with Gasteiger partial charge >= 0.3 is 7.60 Å². The zero-order valence-electron chi connectivity index (χ0n) is 24.1. The molecular formula is C36H39O4P. The lowest BCUT2D eigenvalue weighted by Gasteiger charge is -2.43. The highest BCUT2D eigenvalue weighted by atomic mass is 31.2. The van der Waals surface area contributed by atoms with Crippen molar-refractivity contribution >= 4 is 7.60 Å². The van der Waals surface area contributed by atoms with Crippen LogP contribution in [0.3, 0.4) is 0 Å². The molecule has 212 valence electrons. The Kier molecular flexibility index (Phi) is 6.56. The summed E-state index contributed by atoms with van der Waals surface area (Å²) >= 11 is 0. The van der Waals surface area contributed by atoms with E-state index < -0.39 is 18.8 Å². The summed E-state index contributed by atoms with van der Waals surface area (Å²) < 4.78 is 35.7. The molecule has 3 aromatic carbocycles. The van der Waals surface area contributed by atoms with E-state index in [4.69, 9.17) is 20.4 Å². The second kappa shape index (κ2) is 9.92. The van der Waals surface area contributed by atoms with Crippen molar-refractivity contribution in [1.29, 1.82) is 0 Å². The topological polar surface area (TPSA) is 44.8 Å². The van der Waals surface area contributed by atoms with Crippen LogP contribution in [0.1, 0.15) is 74.6 Å². The van der Waals surface area contributed by atoms with Crippen LogP contribution in [0, 0.1) is 11.3 Å². The number of hydrogen-bond donors (Lipinski definition) is 0. The van der Waals surface area contributed by atoms with Gasteiger partial charge in [0.1, 0.15) is 11.2 Å². The monoisotopic (exact) mass is 566 g/mol. The molecule has 3 atom stereocenters. The molecule has 2 fully saturated rings. The minimum atomic E-state index is -3.69. The van der Waals surface area contributed by atoms with E-state index >= 15 is 4.57 Å². The van der Waals surface area contributed by atoms with E-state index in [1.165, 1.54) is 5.56 Å². The molecule has 3 unspecified atom stereocenters. The first kappa shape index (κ1) is 27.1. The van der Waals surface area contributed by atoms with Crippen LogP contribution < -0.4 is 0 Å². The zero-order chi connectivity index (χ0) is 28.3. The molecule has 4 nitrogen and oxygen atoms in total. The lowest BCUT2D eigenvalue weighted by atomic mass is 9.65. The standard InChI is InChI=1S/C36H39O4P/c1-4-34(5-2)24-38-41(37,39-25-34)33-26(3)35(27-16-8-6-9-17-27)31-22-14-15-23-32(31)36(40-35,28-18-10-7-11-19-28)30-21-13-12-20-29(30)33/h6-11,14-19,22-23,30H,3-5,12-13,20-21,24-25H2,1-2H3. The van der Waals surface area contributed by atoms with Gasteiger partial charge in [-0.05, 0) is 59.9 Å². The van der Waals surface area contributed by atoms with Gasteiger partial charge in [0.25, 0.3) is 0 Å². The third-order valence-electron chi connectivity index (χ3n) is 10.4. The first-order valence-electron chi connectivity index (χ1n) is 15.2. The van der Waals surface area contributed by atoms with Gasteiger partial charge in [-0.3, -0.25) is 4.57 Å². The predicted molar refractivity (Wildman–Crippen MR) is 163 cm³/mol. The van der Waals surface area contributed by atoms with Gasteiger partial charge in [-0.1, -0.05) is 112 Å². The Bertz CT molecular complexity index is 1540. The highest BCUT2D eigenvalue weighted by Crippen LogP contribution is 2.73. The maximum absolute atomic E-state index is 15.1. The molecule has 0 aromatic heterocycles. The number of rotatable bonds is 5. The van der Waals surface area contributed by atoms with Crippen LogP contribution in [0.5, 0.6) is 0 Å². The third kappa shape index (κ3) is 3.74. The summed E-state index contributed by atoms with van der Waals surface area (Å²) in [6.45, 7) is 9.95. The Morgan fingerprint density at radius 3 is 2.02 bits per heavy atom. The summed E-state index contributed by atoms with van der Waals surface area (Å²) in [5, 5.41) is 0.680. The largest absolute Gasteiger partial charge is 0.361 e. The Morgan fingerprint density at radius 1 is 0.805 bits per heavy atom. The predicted octanol–water partition coefficient (Wildman–Crippen LogP) is 9.26. The maximum atomic E-state index is 15.1. The summed E-state index contributed by atoms with van der Waals surface area (Å²) in [4.78, 5) is 0. The molecule has 1 saturated heterocycles. The lowest BCUT2D eigenvalue weighted by molar-refractivity contribution is -0.103. The second-order valence-electron chi connectivity index (χ2n) is 12.2. The Hall–Kier alpha value is -2.75. The first-order chi connectivity index (χ1) is 19.9. The van der Waals surface area contributed by atoms with Crippen molar-refractivity contribution in [3.05, 3.63) is 130 Å². The zero-order valence-corrected chi connectivity index (χ0v) is 25.0. The molecule has 0 N–H and O–H groups in total. The summed E-state index contributed by atoms with van der Waals surface area (Å²) in [6, 6.07) is 29.5. The van der Waals surface area contributed by atoms with Gasteiger partial charge in [0, 0.05) is 16.9 Å². The van der Waals surface area contributed by atoms with Crippen molar-refractivity contribution in [2.24, 2.45) is 11.3 Å². The molecule has 3 aromatic rings. The molecule has 1 saturated carbocycles. The summed E-state index contributed by atoms with van der Waals surface area (Å²) in [5.74, 6) is -0.0262. The molecular weight excluding hydrogens is 527 g/mol. The average Bonchev–Trinajstić information content (AvgIpc) is 3.30. The third-order valence-corrected chi connectivity index (χ3v) is 12.4. The number of benzene rings is 3. The van der Waals surface area contributed by atoms with Gasteiger partial charge in [-0.2, -0.15) is 0 Å². The molecule has 3 aliphatic heterocycles. The highest BCUT2D eigenvalue weighted by Gasteiger charge is 2.65. The van der Waals surface area contributed by atoms with Crippen LogP contribution >= 0.6 is 7.60 Å². The molecule has 5 heteroatoms. The fraction of sp³-hybridized carbons (Fsp3) is 0.389. The van der Waals surface area contributed by atoms with E-state index in [-0.39, 0.29) is 11.3 Å². The van der Waals surface area contributed by atoms with E-state index in [0.29, 0.717) is 24.1 Å². The van der Waals surface area contributed by atoms with Crippen LogP contribution in [0.25, 0.3) is 0 Å². The summed E-state index contributed by atoms with van der Waals surface area (Å²) in [5.41, 5.74) is 4.22. The number of fused-ring (bicyclic) bond motifs is 7. The average molecular weight is 567 g/mol. The Labute approximate surface area is 244 Å².